The van der Waals surface area contributed by atoms with E-state index in [-0.39, 0.29) is 12.6 Å². The number of halogens is 4. The Balaban J connectivity index is 1.88. The van der Waals surface area contributed by atoms with Crippen molar-refractivity contribution in [3.8, 4) is 11.5 Å². The van der Waals surface area contributed by atoms with Crippen molar-refractivity contribution in [1.82, 2.24) is 4.90 Å². The molecular formula is C21H19F4N2O5-. The van der Waals surface area contributed by atoms with Crippen molar-refractivity contribution in [1.29, 1.82) is 0 Å². The first-order valence-corrected chi connectivity index (χ1v) is 9.47. The molecule has 2 aromatic carbocycles. The highest BCUT2D eigenvalue weighted by Crippen LogP contribution is 2.39. The van der Waals surface area contributed by atoms with Gasteiger partial charge in [-0.2, -0.15) is 0 Å². The number of anilines is 1. The number of hydrogen-bond acceptors (Lipinski definition) is 6. The van der Waals surface area contributed by atoms with Gasteiger partial charge in [0, 0.05) is 31.0 Å². The van der Waals surface area contributed by atoms with Gasteiger partial charge in [0.15, 0.2) is 34.8 Å². The van der Waals surface area contributed by atoms with E-state index in [1.54, 1.807) is 12.1 Å². The molecule has 0 aliphatic carbocycles. The fraction of sp³-hybridized carbons (Fsp3) is 0.333. The molecule has 172 valence electrons. The lowest BCUT2D eigenvalue weighted by atomic mass is 9.90. The van der Waals surface area contributed by atoms with Crippen molar-refractivity contribution in [3.63, 3.8) is 0 Å². The SMILES string of the molecule is COc1cc2c(cc1OC)C(CC(=O)[O-])N(CC(=O)Nc1c(F)c(F)cc(F)c1F)CC2. The molecule has 32 heavy (non-hydrogen) atoms. The first-order chi connectivity index (χ1) is 15.2. The van der Waals surface area contributed by atoms with Gasteiger partial charge >= 0.3 is 0 Å². The highest BCUT2D eigenvalue weighted by Gasteiger charge is 2.31. The van der Waals surface area contributed by atoms with E-state index in [2.05, 4.69) is 0 Å². The zero-order valence-electron chi connectivity index (χ0n) is 17.1. The fourth-order valence-corrected chi connectivity index (χ4v) is 3.71. The third-order valence-electron chi connectivity index (χ3n) is 5.20. The molecule has 0 saturated carbocycles. The van der Waals surface area contributed by atoms with Crippen LogP contribution in [0.4, 0.5) is 23.2 Å². The number of methoxy groups -OCH3 is 2. The average molecular weight is 455 g/mol. The number of hydrogen-bond donors (Lipinski definition) is 1. The van der Waals surface area contributed by atoms with Crippen LogP contribution in [0.15, 0.2) is 18.2 Å². The Morgan fingerprint density at radius 1 is 1.06 bits per heavy atom. The minimum absolute atomic E-state index is 0.0272. The number of aliphatic carboxylic acids is 1. The normalized spacial score (nSPS) is 15.8. The molecule has 0 saturated heterocycles. The van der Waals surface area contributed by atoms with Gasteiger partial charge in [0.25, 0.3) is 0 Å². The molecule has 0 aromatic heterocycles. The molecule has 2 aromatic rings. The van der Waals surface area contributed by atoms with E-state index in [9.17, 15) is 32.3 Å². The van der Waals surface area contributed by atoms with E-state index in [0.29, 0.717) is 23.5 Å². The number of carboxylic acid groups (broad SMARTS) is 1. The average Bonchev–Trinajstić information content (AvgIpc) is 2.75. The van der Waals surface area contributed by atoms with Crippen LogP contribution in [0.2, 0.25) is 0 Å². The molecule has 3 rings (SSSR count). The number of ether oxygens (including phenoxy) is 2. The fourth-order valence-electron chi connectivity index (χ4n) is 3.71. The Kier molecular flexibility index (Phi) is 6.87. The van der Waals surface area contributed by atoms with Crippen molar-refractivity contribution in [2.24, 2.45) is 0 Å². The first kappa shape index (κ1) is 23.3. The largest absolute Gasteiger partial charge is 0.550 e. The smallest absolute Gasteiger partial charge is 0.238 e. The number of carbonyl (C=O) groups is 2. The molecule has 1 aliphatic rings. The van der Waals surface area contributed by atoms with Crippen LogP contribution >= 0.6 is 0 Å². The molecule has 0 spiro atoms. The van der Waals surface area contributed by atoms with Gasteiger partial charge in [-0.15, -0.1) is 0 Å². The maximum atomic E-state index is 13.9. The molecule has 11 heteroatoms. The van der Waals surface area contributed by atoms with E-state index >= 15 is 0 Å². The van der Waals surface area contributed by atoms with Gasteiger partial charge in [-0.1, -0.05) is 0 Å². The van der Waals surface area contributed by atoms with Crippen LogP contribution in [0.25, 0.3) is 0 Å². The van der Waals surface area contributed by atoms with Gasteiger partial charge in [0.05, 0.1) is 20.8 Å². The summed E-state index contributed by atoms with van der Waals surface area (Å²) in [5, 5.41) is 13.2. The Morgan fingerprint density at radius 2 is 1.66 bits per heavy atom. The topological polar surface area (TPSA) is 90.9 Å². The lowest BCUT2D eigenvalue weighted by Gasteiger charge is -2.37. The van der Waals surface area contributed by atoms with Crippen LogP contribution in [-0.2, 0) is 16.0 Å². The molecule has 0 fully saturated rings. The first-order valence-electron chi connectivity index (χ1n) is 9.47. The number of fused-ring (bicyclic) bond motifs is 1. The molecule has 7 nitrogen and oxygen atoms in total. The number of nitrogens with zero attached hydrogens (tertiary/aromatic N) is 1. The van der Waals surface area contributed by atoms with Gasteiger partial charge in [-0.3, -0.25) is 9.69 Å². The van der Waals surface area contributed by atoms with E-state index in [1.807, 2.05) is 5.32 Å². The minimum Gasteiger partial charge on any atom is -0.550 e. The summed E-state index contributed by atoms with van der Waals surface area (Å²) < 4.78 is 65.0. The lowest BCUT2D eigenvalue weighted by Crippen LogP contribution is -2.43. The second-order valence-electron chi connectivity index (χ2n) is 7.11. The maximum Gasteiger partial charge on any atom is 0.238 e. The summed E-state index contributed by atoms with van der Waals surface area (Å²) in [5.74, 6) is -8.39. The third kappa shape index (κ3) is 4.62. The molecular weight excluding hydrogens is 436 g/mol. The third-order valence-corrected chi connectivity index (χ3v) is 5.20. The second-order valence-corrected chi connectivity index (χ2v) is 7.11. The van der Waals surface area contributed by atoms with E-state index in [4.69, 9.17) is 9.47 Å². The zero-order valence-corrected chi connectivity index (χ0v) is 17.1. The summed E-state index contributed by atoms with van der Waals surface area (Å²) in [5.41, 5.74) is 0.0719. The Bertz CT molecular complexity index is 1040. The van der Waals surface area contributed by atoms with Gasteiger partial charge in [0.1, 0.15) is 5.69 Å². The molecule has 0 bridgehead atoms. The molecule has 1 aliphatic heterocycles. The summed E-state index contributed by atoms with van der Waals surface area (Å²) in [6, 6.07) is 2.49. The number of carbonyl (C=O) groups excluding carboxylic acids is 2. The Morgan fingerprint density at radius 3 is 2.22 bits per heavy atom. The van der Waals surface area contributed by atoms with Crippen molar-refractivity contribution in [2.45, 2.75) is 18.9 Å². The van der Waals surface area contributed by atoms with Gasteiger partial charge in [-0.25, -0.2) is 17.6 Å². The van der Waals surface area contributed by atoms with Crippen molar-refractivity contribution < 1.29 is 41.7 Å². The summed E-state index contributed by atoms with van der Waals surface area (Å²) in [6.07, 6.45) is -0.0725. The summed E-state index contributed by atoms with van der Waals surface area (Å²) in [7, 11) is 2.86. The molecule has 1 heterocycles. The number of rotatable bonds is 7. The molecule has 1 N–H and O–H groups in total. The Labute approximate surface area is 180 Å². The van der Waals surface area contributed by atoms with Crippen LogP contribution in [0.5, 0.6) is 11.5 Å². The van der Waals surface area contributed by atoms with Gasteiger partial charge < -0.3 is 24.7 Å². The standard InChI is InChI=1S/C21H20F4N2O5/c1-31-15-5-10-3-4-27(14(8-18(29)30)11(10)6-16(15)32-2)9-17(28)26-21-19(24)12(22)7-13(23)20(21)25/h5-7,14H,3-4,8-9H2,1-2H3,(H,26,28)(H,29,30)/p-1. The lowest BCUT2D eigenvalue weighted by molar-refractivity contribution is -0.307. The van der Waals surface area contributed by atoms with Crippen LogP contribution in [0.1, 0.15) is 23.6 Å². The molecule has 1 atom stereocenters. The highest BCUT2D eigenvalue weighted by molar-refractivity contribution is 5.92. The van der Waals surface area contributed by atoms with E-state index in [0.717, 1.165) is 5.56 Å². The predicted octanol–water partition coefficient (Wildman–Crippen LogP) is 1.94. The molecule has 0 radical (unpaired) electrons. The predicted molar refractivity (Wildman–Crippen MR) is 102 cm³/mol. The second kappa shape index (κ2) is 9.43. The molecule has 1 amide bonds. The van der Waals surface area contributed by atoms with Crippen LogP contribution in [-0.4, -0.2) is 44.1 Å². The Hall–Kier alpha value is -3.34. The van der Waals surface area contributed by atoms with E-state index < -0.39 is 59.8 Å². The minimum atomic E-state index is -1.75. The van der Waals surface area contributed by atoms with Crippen molar-refractivity contribution >= 4 is 17.6 Å². The molecule has 1 unspecified atom stereocenters. The van der Waals surface area contributed by atoms with Gasteiger partial charge in [-0.05, 0) is 29.7 Å². The number of benzene rings is 2. The van der Waals surface area contributed by atoms with Crippen molar-refractivity contribution in [2.75, 3.05) is 32.6 Å². The number of amides is 1. The van der Waals surface area contributed by atoms with E-state index in [1.165, 1.54) is 19.1 Å². The maximum absolute atomic E-state index is 13.9. The summed E-state index contributed by atoms with van der Waals surface area (Å²) in [6.45, 7) is -0.279. The summed E-state index contributed by atoms with van der Waals surface area (Å²) >= 11 is 0. The van der Waals surface area contributed by atoms with Gasteiger partial charge in [0.2, 0.25) is 5.91 Å². The monoisotopic (exact) mass is 455 g/mol. The van der Waals surface area contributed by atoms with Crippen molar-refractivity contribution in [3.05, 3.63) is 52.6 Å². The summed E-state index contributed by atoms with van der Waals surface area (Å²) in [4.78, 5) is 25.3. The highest BCUT2D eigenvalue weighted by atomic mass is 19.2. The van der Waals surface area contributed by atoms with Crippen LogP contribution in [0, 0.1) is 23.3 Å². The van der Waals surface area contributed by atoms with Crippen LogP contribution in [0.3, 0.4) is 0 Å². The van der Waals surface area contributed by atoms with Crippen LogP contribution < -0.4 is 19.9 Å². The zero-order chi connectivity index (χ0) is 23.6. The quantitative estimate of drug-likeness (QED) is 0.507. The number of carboxylic acids is 1. The number of nitrogens with one attached hydrogen (secondary N) is 1.